The maximum absolute atomic E-state index is 13.3. The zero-order valence-electron chi connectivity index (χ0n) is 17.3. The SMILES string of the molecule is Cc1cc(/C=N/NC(=O)Cn2c(C(F)(F)F)nc3ccccc32)c(C)n1CC(C)C. The Morgan fingerprint density at radius 1 is 1.23 bits per heavy atom. The van der Waals surface area contributed by atoms with Crippen molar-refractivity contribution in [1.29, 1.82) is 0 Å². The van der Waals surface area contributed by atoms with E-state index in [4.69, 9.17) is 0 Å². The van der Waals surface area contributed by atoms with Crippen molar-refractivity contribution in [3.05, 3.63) is 53.1 Å². The molecule has 1 aromatic carbocycles. The van der Waals surface area contributed by atoms with Crippen molar-refractivity contribution >= 4 is 23.2 Å². The van der Waals surface area contributed by atoms with Gasteiger partial charge in [0.1, 0.15) is 6.54 Å². The number of hydrogen-bond acceptors (Lipinski definition) is 3. The van der Waals surface area contributed by atoms with Crippen molar-refractivity contribution in [2.24, 2.45) is 11.0 Å². The van der Waals surface area contributed by atoms with Gasteiger partial charge in [0, 0.05) is 23.5 Å². The fourth-order valence-corrected chi connectivity index (χ4v) is 3.41. The van der Waals surface area contributed by atoms with Crippen molar-refractivity contribution < 1.29 is 18.0 Å². The molecule has 6 nitrogen and oxygen atoms in total. The molecule has 160 valence electrons. The maximum Gasteiger partial charge on any atom is 0.449 e. The molecule has 0 radical (unpaired) electrons. The molecule has 0 atom stereocenters. The Hall–Kier alpha value is -3.10. The van der Waals surface area contributed by atoms with Crippen molar-refractivity contribution in [2.75, 3.05) is 0 Å². The van der Waals surface area contributed by atoms with E-state index in [1.165, 1.54) is 18.3 Å². The lowest BCUT2D eigenvalue weighted by atomic mass is 10.2. The monoisotopic (exact) mass is 419 g/mol. The number of hydrazone groups is 1. The summed E-state index contributed by atoms with van der Waals surface area (Å²) in [4.78, 5) is 15.9. The Labute approximate surface area is 172 Å². The van der Waals surface area contributed by atoms with Crippen LogP contribution in [0.5, 0.6) is 0 Å². The topological polar surface area (TPSA) is 64.2 Å². The van der Waals surface area contributed by atoms with Gasteiger partial charge in [0.2, 0.25) is 5.82 Å². The van der Waals surface area contributed by atoms with Crippen molar-refractivity contribution in [3.8, 4) is 0 Å². The van der Waals surface area contributed by atoms with Crippen LogP contribution in [0.1, 0.15) is 36.6 Å². The van der Waals surface area contributed by atoms with Crippen LogP contribution in [0, 0.1) is 19.8 Å². The zero-order chi connectivity index (χ0) is 22.1. The Balaban J connectivity index is 1.76. The molecule has 30 heavy (non-hydrogen) atoms. The van der Waals surface area contributed by atoms with Gasteiger partial charge in [0.05, 0.1) is 17.2 Å². The molecule has 0 aliphatic heterocycles. The first-order chi connectivity index (χ1) is 14.1. The lowest BCUT2D eigenvalue weighted by Gasteiger charge is -2.11. The van der Waals surface area contributed by atoms with Crippen LogP contribution in [0.3, 0.4) is 0 Å². The normalized spacial score (nSPS) is 12.4. The molecule has 1 amide bonds. The molecule has 0 saturated carbocycles. The second kappa shape index (κ2) is 8.33. The number of nitrogens with zero attached hydrogens (tertiary/aromatic N) is 4. The number of carbonyl (C=O) groups is 1. The summed E-state index contributed by atoms with van der Waals surface area (Å²) >= 11 is 0. The van der Waals surface area contributed by atoms with E-state index in [1.807, 2.05) is 19.9 Å². The Bertz CT molecular complexity index is 1090. The number of para-hydroxylation sites is 2. The number of nitrogens with one attached hydrogen (secondary N) is 1. The van der Waals surface area contributed by atoms with E-state index in [2.05, 4.69) is 33.9 Å². The summed E-state index contributed by atoms with van der Waals surface area (Å²) in [6, 6.07) is 8.13. The van der Waals surface area contributed by atoms with E-state index in [0.29, 0.717) is 5.92 Å². The van der Waals surface area contributed by atoms with Crippen LogP contribution in [0.15, 0.2) is 35.4 Å². The number of amides is 1. The second-order valence-corrected chi connectivity index (χ2v) is 7.63. The van der Waals surface area contributed by atoms with Gasteiger partial charge in [-0.1, -0.05) is 26.0 Å². The molecule has 9 heteroatoms. The third-order valence-corrected chi connectivity index (χ3v) is 4.76. The zero-order valence-corrected chi connectivity index (χ0v) is 17.3. The smallest absolute Gasteiger partial charge is 0.348 e. The van der Waals surface area contributed by atoms with Gasteiger partial charge in [0.25, 0.3) is 5.91 Å². The van der Waals surface area contributed by atoms with Crippen LogP contribution in [-0.4, -0.2) is 26.2 Å². The highest BCUT2D eigenvalue weighted by Gasteiger charge is 2.37. The third-order valence-electron chi connectivity index (χ3n) is 4.76. The van der Waals surface area contributed by atoms with E-state index in [9.17, 15) is 18.0 Å². The maximum atomic E-state index is 13.3. The number of fused-ring (bicyclic) bond motifs is 1. The van der Waals surface area contributed by atoms with E-state index in [-0.39, 0.29) is 11.0 Å². The predicted molar refractivity (Wildman–Crippen MR) is 109 cm³/mol. The highest BCUT2D eigenvalue weighted by atomic mass is 19.4. The second-order valence-electron chi connectivity index (χ2n) is 7.63. The van der Waals surface area contributed by atoms with Gasteiger partial charge < -0.3 is 9.13 Å². The molecular formula is C21H24F3N5O. The Morgan fingerprint density at radius 2 is 1.93 bits per heavy atom. The number of benzene rings is 1. The van der Waals surface area contributed by atoms with Gasteiger partial charge >= 0.3 is 6.18 Å². The summed E-state index contributed by atoms with van der Waals surface area (Å²) < 4.78 is 43.0. The van der Waals surface area contributed by atoms with E-state index >= 15 is 0 Å². The van der Waals surface area contributed by atoms with Crippen molar-refractivity contribution in [1.82, 2.24) is 19.5 Å². The van der Waals surface area contributed by atoms with Gasteiger partial charge in [-0.25, -0.2) is 10.4 Å². The van der Waals surface area contributed by atoms with E-state index in [1.54, 1.807) is 12.1 Å². The first-order valence-corrected chi connectivity index (χ1v) is 9.59. The molecule has 0 spiro atoms. The number of halogens is 3. The molecule has 0 aliphatic rings. The van der Waals surface area contributed by atoms with Gasteiger partial charge in [-0.05, 0) is 38.0 Å². The molecule has 2 aromatic heterocycles. The fraction of sp³-hybridized carbons (Fsp3) is 0.381. The number of rotatable bonds is 6. The highest BCUT2D eigenvalue weighted by molar-refractivity contribution is 5.85. The van der Waals surface area contributed by atoms with Crippen molar-refractivity contribution in [2.45, 2.75) is 47.0 Å². The lowest BCUT2D eigenvalue weighted by molar-refractivity contribution is -0.147. The lowest BCUT2D eigenvalue weighted by Crippen LogP contribution is -2.26. The molecule has 0 fully saturated rings. The number of carbonyl (C=O) groups excluding carboxylic acids is 1. The summed E-state index contributed by atoms with van der Waals surface area (Å²) in [6.07, 6.45) is -3.16. The largest absolute Gasteiger partial charge is 0.449 e. The molecule has 0 aliphatic carbocycles. The summed E-state index contributed by atoms with van der Waals surface area (Å²) in [5.41, 5.74) is 5.67. The quantitative estimate of drug-likeness (QED) is 0.479. The van der Waals surface area contributed by atoms with E-state index in [0.717, 1.165) is 28.1 Å². The van der Waals surface area contributed by atoms with Gasteiger partial charge in [-0.3, -0.25) is 4.79 Å². The van der Waals surface area contributed by atoms with Crippen molar-refractivity contribution in [3.63, 3.8) is 0 Å². The molecular weight excluding hydrogens is 395 g/mol. The molecule has 0 bridgehead atoms. The number of aryl methyl sites for hydroxylation is 1. The third kappa shape index (κ3) is 4.55. The summed E-state index contributed by atoms with van der Waals surface area (Å²) in [7, 11) is 0. The fourth-order valence-electron chi connectivity index (χ4n) is 3.41. The summed E-state index contributed by atoms with van der Waals surface area (Å²) in [5.74, 6) is -1.30. The highest BCUT2D eigenvalue weighted by Crippen LogP contribution is 2.31. The van der Waals surface area contributed by atoms with Gasteiger partial charge in [-0.15, -0.1) is 0 Å². The minimum atomic E-state index is -4.67. The Kier molecular flexibility index (Phi) is 6.00. The van der Waals surface area contributed by atoms with E-state index < -0.39 is 24.5 Å². The summed E-state index contributed by atoms with van der Waals surface area (Å²) in [6.45, 7) is 8.54. The number of alkyl halides is 3. The average molecular weight is 419 g/mol. The first kappa shape index (κ1) is 21.6. The van der Waals surface area contributed by atoms with Gasteiger partial charge in [0.15, 0.2) is 0 Å². The molecule has 3 rings (SSSR count). The molecule has 1 N–H and O–H groups in total. The van der Waals surface area contributed by atoms with Crippen LogP contribution in [0.4, 0.5) is 13.2 Å². The van der Waals surface area contributed by atoms with Crippen LogP contribution < -0.4 is 5.43 Å². The Morgan fingerprint density at radius 3 is 2.60 bits per heavy atom. The minimum Gasteiger partial charge on any atom is -0.348 e. The number of aromatic nitrogens is 3. The molecule has 3 aromatic rings. The predicted octanol–water partition coefficient (Wildman–Crippen LogP) is 4.28. The molecule has 0 saturated heterocycles. The first-order valence-electron chi connectivity index (χ1n) is 9.59. The van der Waals surface area contributed by atoms with Gasteiger partial charge in [-0.2, -0.15) is 18.3 Å². The summed E-state index contributed by atoms with van der Waals surface area (Å²) in [5, 5.41) is 3.94. The average Bonchev–Trinajstić information content (AvgIpc) is 3.14. The number of hydrogen-bond donors (Lipinski definition) is 1. The minimum absolute atomic E-state index is 0.179. The molecule has 2 heterocycles. The standard InChI is InChI=1S/C21H24F3N5O/c1-13(2)11-28-14(3)9-16(15(28)4)10-25-27-19(30)12-29-18-8-6-5-7-17(18)26-20(29)21(22,23)24/h5-10,13H,11-12H2,1-4H3,(H,27,30)/b25-10+. The van der Waals surface area contributed by atoms with Crippen LogP contribution >= 0.6 is 0 Å². The number of imidazole rings is 1. The van der Waals surface area contributed by atoms with Crippen LogP contribution in [-0.2, 0) is 24.1 Å². The van der Waals surface area contributed by atoms with Crippen LogP contribution in [0.2, 0.25) is 0 Å². The molecule has 0 unspecified atom stereocenters. The van der Waals surface area contributed by atoms with Crippen LogP contribution in [0.25, 0.3) is 11.0 Å².